The highest BCUT2D eigenvalue weighted by Crippen LogP contribution is 2.23. The van der Waals surface area contributed by atoms with E-state index in [0.717, 1.165) is 44.1 Å². The maximum absolute atomic E-state index is 12.8. The summed E-state index contributed by atoms with van der Waals surface area (Å²) in [4.78, 5) is 22.0. The van der Waals surface area contributed by atoms with Crippen LogP contribution in [0.4, 0.5) is 5.69 Å². The van der Waals surface area contributed by atoms with E-state index in [4.69, 9.17) is 16.6 Å². The summed E-state index contributed by atoms with van der Waals surface area (Å²) in [5.41, 5.74) is 4.34. The molecule has 4 aromatic rings. The average molecular weight is 435 g/mol. The molecule has 1 fully saturated rings. The Morgan fingerprint density at radius 1 is 1.00 bits per heavy atom. The van der Waals surface area contributed by atoms with E-state index in [1.807, 2.05) is 36.4 Å². The van der Waals surface area contributed by atoms with Gasteiger partial charge in [0.05, 0.1) is 23.3 Å². The predicted octanol–water partition coefficient (Wildman–Crippen LogP) is 3.16. The number of piperazine rings is 1. The molecule has 0 N–H and O–H groups in total. The molecule has 31 heavy (non-hydrogen) atoms. The Morgan fingerprint density at radius 3 is 2.55 bits per heavy atom. The molecule has 1 aliphatic rings. The molecule has 1 aromatic carbocycles. The second-order valence-corrected chi connectivity index (χ2v) is 8.24. The van der Waals surface area contributed by atoms with Gasteiger partial charge in [-0.3, -0.25) is 9.69 Å². The van der Waals surface area contributed by atoms with Crippen molar-refractivity contribution in [2.75, 3.05) is 31.1 Å². The molecule has 5 rings (SSSR count). The lowest BCUT2D eigenvalue weighted by atomic mass is 10.2. The zero-order chi connectivity index (χ0) is 21.4. The van der Waals surface area contributed by atoms with E-state index in [-0.39, 0.29) is 10.6 Å². The first-order chi connectivity index (χ1) is 15.1. The van der Waals surface area contributed by atoms with Gasteiger partial charge in [-0.05, 0) is 30.7 Å². The van der Waals surface area contributed by atoms with Gasteiger partial charge in [-0.15, -0.1) is 0 Å². The van der Waals surface area contributed by atoms with Gasteiger partial charge in [0.1, 0.15) is 10.7 Å². The SMILES string of the molecule is Cc1ccc2nc(CN3CCN(c4cnn(-c5ccccc5)c(=O)c4Cl)CC3)cn2c1. The monoisotopic (exact) mass is 434 g/mol. The highest BCUT2D eigenvalue weighted by molar-refractivity contribution is 6.33. The number of halogens is 1. The summed E-state index contributed by atoms with van der Waals surface area (Å²) in [7, 11) is 0. The Balaban J connectivity index is 1.28. The van der Waals surface area contributed by atoms with Gasteiger partial charge >= 0.3 is 0 Å². The fourth-order valence-electron chi connectivity index (χ4n) is 4.01. The number of hydrogen-bond acceptors (Lipinski definition) is 5. The number of imidazole rings is 1. The predicted molar refractivity (Wildman–Crippen MR) is 122 cm³/mol. The molecule has 0 aliphatic carbocycles. The van der Waals surface area contributed by atoms with Crippen LogP contribution in [0.5, 0.6) is 0 Å². The van der Waals surface area contributed by atoms with Gasteiger partial charge in [-0.25, -0.2) is 4.98 Å². The standard InChI is InChI=1S/C23H23ClN6O/c1-17-7-8-21-26-18(16-29(21)14-17)15-27-9-11-28(12-10-27)20-13-25-30(23(31)22(20)24)19-5-3-2-4-6-19/h2-8,13-14,16H,9-12,15H2,1H3. The quantitative estimate of drug-likeness (QED) is 0.494. The van der Waals surface area contributed by atoms with Crippen LogP contribution in [0.2, 0.25) is 5.02 Å². The Kier molecular flexibility index (Phi) is 5.21. The molecule has 0 unspecified atom stereocenters. The first kappa shape index (κ1) is 19.8. The van der Waals surface area contributed by atoms with Gasteiger partial charge in [-0.1, -0.05) is 35.9 Å². The zero-order valence-electron chi connectivity index (χ0n) is 17.3. The summed E-state index contributed by atoms with van der Waals surface area (Å²) >= 11 is 6.46. The maximum Gasteiger partial charge on any atom is 0.292 e. The average Bonchev–Trinajstić information content (AvgIpc) is 3.18. The van der Waals surface area contributed by atoms with Crippen molar-refractivity contribution in [3.05, 3.63) is 87.7 Å². The van der Waals surface area contributed by atoms with E-state index in [1.165, 1.54) is 10.2 Å². The van der Waals surface area contributed by atoms with E-state index >= 15 is 0 Å². The third-order valence-corrected chi connectivity index (χ3v) is 6.00. The summed E-state index contributed by atoms with van der Waals surface area (Å²) in [6.07, 6.45) is 5.88. The van der Waals surface area contributed by atoms with Crippen LogP contribution in [0.15, 0.2) is 65.8 Å². The first-order valence-electron chi connectivity index (χ1n) is 10.3. The summed E-state index contributed by atoms with van der Waals surface area (Å²) in [6.45, 7) is 6.17. The van der Waals surface area contributed by atoms with Crippen molar-refractivity contribution in [1.29, 1.82) is 0 Å². The first-order valence-corrected chi connectivity index (χ1v) is 10.7. The summed E-state index contributed by atoms with van der Waals surface area (Å²) < 4.78 is 3.42. The number of aromatic nitrogens is 4. The van der Waals surface area contributed by atoms with Gasteiger partial charge in [0.2, 0.25) is 0 Å². The van der Waals surface area contributed by atoms with Crippen LogP contribution in [0, 0.1) is 6.92 Å². The molecule has 4 heterocycles. The molecule has 1 saturated heterocycles. The number of hydrogen-bond donors (Lipinski definition) is 0. The number of aryl methyl sites for hydroxylation is 1. The summed E-state index contributed by atoms with van der Waals surface area (Å²) in [5, 5.41) is 4.57. The summed E-state index contributed by atoms with van der Waals surface area (Å²) in [6, 6.07) is 13.4. The van der Waals surface area contributed by atoms with E-state index in [0.29, 0.717) is 11.4 Å². The fourth-order valence-corrected chi connectivity index (χ4v) is 4.25. The molecule has 7 nitrogen and oxygen atoms in total. The molecule has 1 aliphatic heterocycles. The highest BCUT2D eigenvalue weighted by Gasteiger charge is 2.22. The van der Waals surface area contributed by atoms with Crippen LogP contribution in [0.25, 0.3) is 11.3 Å². The van der Waals surface area contributed by atoms with Gasteiger partial charge < -0.3 is 9.30 Å². The van der Waals surface area contributed by atoms with Crippen LogP contribution in [0.1, 0.15) is 11.3 Å². The minimum atomic E-state index is -0.298. The lowest BCUT2D eigenvalue weighted by molar-refractivity contribution is 0.247. The Hall–Kier alpha value is -3.16. The van der Waals surface area contributed by atoms with Gasteiger partial charge in [0.25, 0.3) is 5.56 Å². The minimum absolute atomic E-state index is 0.211. The minimum Gasteiger partial charge on any atom is -0.366 e. The second-order valence-electron chi connectivity index (χ2n) is 7.86. The number of benzene rings is 1. The largest absolute Gasteiger partial charge is 0.366 e. The Morgan fingerprint density at radius 2 is 1.77 bits per heavy atom. The van der Waals surface area contributed by atoms with Gasteiger partial charge in [0, 0.05) is 45.1 Å². The summed E-state index contributed by atoms with van der Waals surface area (Å²) in [5.74, 6) is 0. The van der Waals surface area contributed by atoms with Crippen LogP contribution < -0.4 is 10.5 Å². The van der Waals surface area contributed by atoms with Crippen molar-refractivity contribution in [1.82, 2.24) is 24.1 Å². The smallest absolute Gasteiger partial charge is 0.292 e. The van der Waals surface area contributed by atoms with Crippen molar-refractivity contribution in [2.24, 2.45) is 0 Å². The number of pyridine rings is 1. The van der Waals surface area contributed by atoms with Gasteiger partial charge in [0.15, 0.2) is 0 Å². The van der Waals surface area contributed by atoms with E-state index in [2.05, 4.69) is 44.7 Å². The van der Waals surface area contributed by atoms with E-state index < -0.39 is 0 Å². The topological polar surface area (TPSA) is 58.7 Å². The Labute approximate surface area is 185 Å². The normalized spacial score (nSPS) is 15.0. The van der Waals surface area contributed by atoms with Crippen molar-refractivity contribution in [3.8, 4) is 5.69 Å². The van der Waals surface area contributed by atoms with Crippen LogP contribution in [-0.2, 0) is 6.54 Å². The second kappa shape index (κ2) is 8.17. The van der Waals surface area contributed by atoms with Crippen molar-refractivity contribution in [3.63, 3.8) is 0 Å². The van der Waals surface area contributed by atoms with Crippen molar-refractivity contribution in [2.45, 2.75) is 13.5 Å². The molecule has 0 saturated carbocycles. The molecule has 3 aromatic heterocycles. The van der Waals surface area contributed by atoms with Crippen molar-refractivity contribution < 1.29 is 0 Å². The number of para-hydroxylation sites is 1. The zero-order valence-corrected chi connectivity index (χ0v) is 18.0. The van der Waals surface area contributed by atoms with Crippen molar-refractivity contribution >= 4 is 22.9 Å². The molecule has 158 valence electrons. The van der Waals surface area contributed by atoms with Crippen LogP contribution >= 0.6 is 11.6 Å². The number of fused-ring (bicyclic) bond motifs is 1. The molecule has 0 radical (unpaired) electrons. The molecular formula is C23H23ClN6O. The number of rotatable bonds is 4. The molecule has 0 spiro atoms. The fraction of sp³-hybridized carbons (Fsp3) is 0.261. The Bertz CT molecular complexity index is 1270. The van der Waals surface area contributed by atoms with E-state index in [9.17, 15) is 4.79 Å². The lowest BCUT2D eigenvalue weighted by Gasteiger charge is -2.35. The molecule has 0 amide bonds. The van der Waals surface area contributed by atoms with E-state index in [1.54, 1.807) is 6.20 Å². The molecule has 8 heteroatoms. The molecule has 0 atom stereocenters. The third kappa shape index (κ3) is 3.94. The van der Waals surface area contributed by atoms with Gasteiger partial charge in [-0.2, -0.15) is 9.78 Å². The lowest BCUT2D eigenvalue weighted by Crippen LogP contribution is -2.46. The third-order valence-electron chi connectivity index (χ3n) is 5.65. The number of nitrogens with zero attached hydrogens (tertiary/aromatic N) is 6. The van der Waals surface area contributed by atoms with Crippen LogP contribution in [-0.4, -0.2) is 50.2 Å². The van der Waals surface area contributed by atoms with Crippen LogP contribution in [0.3, 0.4) is 0 Å². The molecular weight excluding hydrogens is 412 g/mol. The number of anilines is 1. The molecule has 0 bridgehead atoms. The highest BCUT2D eigenvalue weighted by atomic mass is 35.5. The maximum atomic E-state index is 12.8.